The largest absolute Gasteiger partial charge is 0.445 e. The zero-order valence-corrected chi connectivity index (χ0v) is 10.6. The molecule has 0 amide bonds. The first-order valence-corrected chi connectivity index (χ1v) is 6.98. The van der Waals surface area contributed by atoms with E-state index in [-0.39, 0.29) is 0 Å². The Labute approximate surface area is 108 Å². The van der Waals surface area contributed by atoms with E-state index in [2.05, 4.69) is 0 Å². The van der Waals surface area contributed by atoms with Gasteiger partial charge in [0.25, 0.3) is 0 Å². The number of ether oxygens (including phenoxy) is 1. The van der Waals surface area contributed by atoms with Crippen LogP contribution in [0.25, 0.3) is 0 Å². The molecule has 1 unspecified atom stereocenters. The van der Waals surface area contributed by atoms with Crippen LogP contribution in [0.15, 0.2) is 30.3 Å². The Hall–Kier alpha value is -1.09. The van der Waals surface area contributed by atoms with E-state index in [1.54, 1.807) is 0 Å². The first-order chi connectivity index (χ1) is 8.78. The molecular weight excluding hydrogens is 229 g/mol. The van der Waals surface area contributed by atoms with Gasteiger partial charge >= 0.3 is 5.98 Å². The van der Waals surface area contributed by atoms with Gasteiger partial charge < -0.3 is 4.74 Å². The van der Waals surface area contributed by atoms with Gasteiger partial charge in [0.15, 0.2) is 0 Å². The Balaban J connectivity index is 1.76. The monoisotopic (exact) mass is 249 g/mol. The number of halogens is 1. The molecule has 1 aromatic carbocycles. The van der Waals surface area contributed by atoms with Crippen LogP contribution in [0.5, 0.6) is 5.75 Å². The van der Waals surface area contributed by atoms with Crippen molar-refractivity contribution in [1.82, 2.24) is 4.90 Å². The summed E-state index contributed by atoms with van der Waals surface area (Å²) in [4.78, 5) is 1.95. The van der Waals surface area contributed by atoms with Gasteiger partial charge in [0.2, 0.25) is 0 Å². The Morgan fingerprint density at radius 1 is 1.11 bits per heavy atom. The van der Waals surface area contributed by atoms with Gasteiger partial charge in [-0.1, -0.05) is 24.6 Å². The lowest BCUT2D eigenvalue weighted by molar-refractivity contribution is -0.228. The summed E-state index contributed by atoms with van der Waals surface area (Å²) in [5, 5.41) is 0. The van der Waals surface area contributed by atoms with Crippen LogP contribution in [-0.2, 0) is 0 Å². The molecule has 98 valence electrons. The van der Waals surface area contributed by atoms with Crippen molar-refractivity contribution in [2.24, 2.45) is 0 Å². The summed E-state index contributed by atoms with van der Waals surface area (Å²) in [6.45, 7) is 0.827. The molecule has 3 heteroatoms. The highest BCUT2D eigenvalue weighted by atomic mass is 19.2. The van der Waals surface area contributed by atoms with Crippen molar-refractivity contribution in [1.29, 1.82) is 0 Å². The molecule has 1 saturated carbocycles. The quantitative estimate of drug-likeness (QED) is 0.757. The third-order valence-electron chi connectivity index (χ3n) is 4.10. The van der Waals surface area contributed by atoms with Gasteiger partial charge in [-0.05, 0) is 37.8 Å². The Kier molecular flexibility index (Phi) is 3.25. The lowest BCUT2D eigenvalue weighted by atomic mass is 9.89. The molecule has 1 aliphatic heterocycles. The fourth-order valence-electron chi connectivity index (χ4n) is 2.87. The number of alkyl halides is 1. The number of benzene rings is 1. The Bertz CT molecular complexity index is 393. The van der Waals surface area contributed by atoms with Gasteiger partial charge in [-0.3, -0.25) is 0 Å². The molecular formula is C15H20FNO. The van der Waals surface area contributed by atoms with Gasteiger partial charge in [-0.15, -0.1) is 0 Å². The summed E-state index contributed by atoms with van der Waals surface area (Å²) in [7, 11) is 0. The maximum Gasteiger partial charge on any atom is 0.310 e. The van der Waals surface area contributed by atoms with E-state index in [0.717, 1.165) is 32.2 Å². The average Bonchev–Trinajstić information content (AvgIpc) is 2.31. The van der Waals surface area contributed by atoms with Gasteiger partial charge in [0.05, 0.1) is 0 Å². The second-order valence-corrected chi connectivity index (χ2v) is 5.34. The van der Waals surface area contributed by atoms with Crippen molar-refractivity contribution in [3.05, 3.63) is 30.3 Å². The molecule has 0 radical (unpaired) electrons. The number of likely N-dealkylation sites (tertiary alicyclic amines) is 1. The van der Waals surface area contributed by atoms with E-state index in [9.17, 15) is 0 Å². The summed E-state index contributed by atoms with van der Waals surface area (Å²) in [5.41, 5.74) is 0. The Morgan fingerprint density at radius 2 is 1.89 bits per heavy atom. The molecule has 1 atom stereocenters. The molecule has 1 aliphatic carbocycles. The standard InChI is InChI=1S/C15H20FNO/c16-15(18-14-9-2-1-3-10-14)11-4-5-12-17(15)13-7-6-8-13/h1-3,9-10,13H,4-8,11-12H2. The predicted molar refractivity (Wildman–Crippen MR) is 69.1 cm³/mol. The van der Waals surface area contributed by atoms with Crippen molar-refractivity contribution in [3.63, 3.8) is 0 Å². The van der Waals surface area contributed by atoms with Gasteiger partial charge in [-0.2, -0.15) is 4.39 Å². The minimum atomic E-state index is -1.59. The van der Waals surface area contributed by atoms with E-state index in [4.69, 9.17) is 4.74 Å². The Morgan fingerprint density at radius 3 is 2.56 bits per heavy atom. The molecule has 0 spiro atoms. The van der Waals surface area contributed by atoms with Crippen molar-refractivity contribution >= 4 is 0 Å². The van der Waals surface area contributed by atoms with Crippen LogP contribution in [0, 0.1) is 0 Å². The summed E-state index contributed by atoms with van der Waals surface area (Å²) in [6, 6.07) is 9.73. The molecule has 1 aromatic rings. The van der Waals surface area contributed by atoms with Crippen LogP contribution in [0.2, 0.25) is 0 Å². The van der Waals surface area contributed by atoms with E-state index < -0.39 is 5.98 Å². The van der Waals surface area contributed by atoms with Crippen LogP contribution in [0.4, 0.5) is 4.39 Å². The topological polar surface area (TPSA) is 12.5 Å². The highest BCUT2D eigenvalue weighted by Crippen LogP contribution is 2.38. The molecule has 1 saturated heterocycles. The molecule has 2 nitrogen and oxygen atoms in total. The normalized spacial score (nSPS) is 29.8. The maximum atomic E-state index is 15.1. The number of para-hydroxylation sites is 1. The minimum Gasteiger partial charge on any atom is -0.445 e. The van der Waals surface area contributed by atoms with Crippen molar-refractivity contribution < 1.29 is 9.13 Å². The highest BCUT2D eigenvalue weighted by Gasteiger charge is 2.46. The SMILES string of the molecule is FC1(Oc2ccccc2)CCCCN1C1CCC1. The van der Waals surface area contributed by atoms with Crippen LogP contribution in [0.1, 0.15) is 38.5 Å². The van der Waals surface area contributed by atoms with Crippen molar-refractivity contribution in [3.8, 4) is 5.75 Å². The first-order valence-electron chi connectivity index (χ1n) is 6.98. The van der Waals surface area contributed by atoms with Crippen LogP contribution in [0.3, 0.4) is 0 Å². The molecule has 1 heterocycles. The predicted octanol–water partition coefficient (Wildman–Crippen LogP) is 3.73. The van der Waals surface area contributed by atoms with E-state index in [1.807, 2.05) is 35.2 Å². The third-order valence-corrected chi connectivity index (χ3v) is 4.10. The molecule has 2 fully saturated rings. The number of hydrogen-bond acceptors (Lipinski definition) is 2. The summed E-state index contributed by atoms with van der Waals surface area (Å²) in [5.74, 6) is -0.962. The molecule has 0 aromatic heterocycles. The number of nitrogens with zero attached hydrogens (tertiary/aromatic N) is 1. The van der Waals surface area contributed by atoms with E-state index in [1.165, 1.54) is 6.42 Å². The molecule has 0 N–H and O–H groups in total. The number of hydrogen-bond donors (Lipinski definition) is 0. The van der Waals surface area contributed by atoms with E-state index in [0.29, 0.717) is 18.2 Å². The van der Waals surface area contributed by atoms with Gasteiger partial charge in [-0.25, -0.2) is 4.90 Å². The molecule has 3 rings (SSSR count). The van der Waals surface area contributed by atoms with Crippen LogP contribution in [-0.4, -0.2) is 23.5 Å². The van der Waals surface area contributed by atoms with Crippen LogP contribution < -0.4 is 4.74 Å². The molecule has 2 aliphatic rings. The third kappa shape index (κ3) is 2.24. The lowest BCUT2D eigenvalue weighted by Gasteiger charge is -2.47. The van der Waals surface area contributed by atoms with Gasteiger partial charge in [0, 0.05) is 19.0 Å². The smallest absolute Gasteiger partial charge is 0.310 e. The second-order valence-electron chi connectivity index (χ2n) is 5.34. The first kappa shape index (κ1) is 12.0. The average molecular weight is 249 g/mol. The summed E-state index contributed by atoms with van der Waals surface area (Å²) in [6.07, 6.45) is 5.93. The van der Waals surface area contributed by atoms with E-state index >= 15 is 4.39 Å². The minimum absolute atomic E-state index is 0.388. The fourth-order valence-corrected chi connectivity index (χ4v) is 2.87. The number of piperidine rings is 1. The maximum absolute atomic E-state index is 15.1. The second kappa shape index (κ2) is 4.88. The van der Waals surface area contributed by atoms with Crippen molar-refractivity contribution in [2.75, 3.05) is 6.54 Å². The van der Waals surface area contributed by atoms with Crippen LogP contribution >= 0.6 is 0 Å². The highest BCUT2D eigenvalue weighted by molar-refractivity contribution is 5.21. The number of rotatable bonds is 3. The molecule has 18 heavy (non-hydrogen) atoms. The van der Waals surface area contributed by atoms with Crippen molar-refractivity contribution in [2.45, 2.75) is 50.5 Å². The summed E-state index contributed by atoms with van der Waals surface area (Å²) < 4.78 is 20.8. The van der Waals surface area contributed by atoms with Gasteiger partial charge in [0.1, 0.15) is 5.75 Å². The fraction of sp³-hybridized carbons (Fsp3) is 0.600. The lowest BCUT2D eigenvalue weighted by Crippen LogP contribution is -2.58. The summed E-state index contributed by atoms with van der Waals surface area (Å²) >= 11 is 0. The zero-order valence-electron chi connectivity index (χ0n) is 10.6. The zero-order chi connectivity index (χ0) is 12.4. The molecule has 0 bridgehead atoms.